The zero-order valence-electron chi connectivity index (χ0n) is 7.41. The smallest absolute Gasteiger partial charge is 0.159 e. The zero-order chi connectivity index (χ0) is 10.6. The van der Waals surface area contributed by atoms with E-state index < -0.39 is 12.2 Å². The summed E-state index contributed by atoms with van der Waals surface area (Å²) in [6.45, 7) is -0.226. The van der Waals surface area contributed by atoms with Crippen molar-refractivity contribution in [2.24, 2.45) is 0 Å². The van der Waals surface area contributed by atoms with Gasteiger partial charge in [-0.05, 0) is 6.42 Å². The van der Waals surface area contributed by atoms with Gasteiger partial charge < -0.3 is 20.4 Å². The van der Waals surface area contributed by atoms with Crippen LogP contribution in [0, 0.1) is 0 Å². The lowest BCUT2D eigenvalue weighted by Gasteiger charge is -2.14. The average molecular weight is 200 g/mol. The molecule has 1 heterocycles. The first kappa shape index (κ1) is 10.8. The Morgan fingerprint density at radius 1 is 1.21 bits per heavy atom. The molecule has 2 atom stereocenters. The van der Waals surface area contributed by atoms with Gasteiger partial charge in [-0.25, -0.2) is 9.97 Å². The van der Waals surface area contributed by atoms with Crippen LogP contribution in [0.5, 0.6) is 5.75 Å². The third kappa shape index (κ3) is 2.63. The Morgan fingerprint density at radius 2 is 1.79 bits per heavy atom. The summed E-state index contributed by atoms with van der Waals surface area (Å²) in [5.41, 5.74) is 0. The Hall–Kier alpha value is -1.24. The van der Waals surface area contributed by atoms with Crippen molar-refractivity contribution >= 4 is 0 Å². The van der Waals surface area contributed by atoms with Crippen molar-refractivity contribution in [3.05, 3.63) is 18.2 Å². The molecule has 1 aromatic heterocycles. The molecule has 4 N–H and O–H groups in total. The van der Waals surface area contributed by atoms with Crippen LogP contribution in [0.3, 0.4) is 0 Å². The molecule has 0 amide bonds. The molecule has 78 valence electrons. The van der Waals surface area contributed by atoms with E-state index in [-0.39, 0.29) is 24.6 Å². The molecule has 0 saturated heterocycles. The number of nitrogens with zero attached hydrogens (tertiary/aromatic N) is 2. The number of hydrogen-bond donors (Lipinski definition) is 4. The van der Waals surface area contributed by atoms with Crippen molar-refractivity contribution < 1.29 is 20.4 Å². The highest BCUT2D eigenvalue weighted by Crippen LogP contribution is 2.15. The van der Waals surface area contributed by atoms with Gasteiger partial charge in [0.2, 0.25) is 0 Å². The Balaban J connectivity index is 2.68. The summed E-state index contributed by atoms with van der Waals surface area (Å²) in [6, 6.07) is 0. The number of aliphatic hydroxyl groups is 3. The molecular formula is C8H12N2O4. The van der Waals surface area contributed by atoms with Gasteiger partial charge in [0.25, 0.3) is 0 Å². The van der Waals surface area contributed by atoms with E-state index in [1.807, 2.05) is 0 Å². The van der Waals surface area contributed by atoms with E-state index in [0.29, 0.717) is 0 Å². The summed E-state index contributed by atoms with van der Waals surface area (Å²) < 4.78 is 0. The lowest BCUT2D eigenvalue weighted by molar-refractivity contribution is -0.000669. The molecule has 0 radical (unpaired) electrons. The van der Waals surface area contributed by atoms with Crippen LogP contribution in [0.15, 0.2) is 12.4 Å². The number of aliphatic hydroxyl groups excluding tert-OH is 3. The van der Waals surface area contributed by atoms with E-state index in [9.17, 15) is 10.2 Å². The lowest BCUT2D eigenvalue weighted by Crippen LogP contribution is -2.21. The molecule has 0 fully saturated rings. The molecule has 14 heavy (non-hydrogen) atoms. The first-order valence-corrected chi connectivity index (χ1v) is 4.13. The van der Waals surface area contributed by atoms with Crippen molar-refractivity contribution in [3.63, 3.8) is 0 Å². The van der Waals surface area contributed by atoms with E-state index in [0.717, 1.165) is 12.4 Å². The first-order chi connectivity index (χ1) is 6.65. The maximum absolute atomic E-state index is 9.44. The van der Waals surface area contributed by atoms with Crippen molar-refractivity contribution in [2.45, 2.75) is 18.6 Å². The molecule has 1 aromatic rings. The van der Waals surface area contributed by atoms with Crippen molar-refractivity contribution in [3.8, 4) is 5.75 Å². The summed E-state index contributed by atoms with van der Waals surface area (Å²) in [6.07, 6.45) is -0.0628. The molecule has 0 aliphatic heterocycles. The Bertz CT molecular complexity index is 277. The van der Waals surface area contributed by atoms with E-state index >= 15 is 0 Å². The highest BCUT2D eigenvalue weighted by atomic mass is 16.3. The van der Waals surface area contributed by atoms with Gasteiger partial charge in [-0.1, -0.05) is 0 Å². The quantitative estimate of drug-likeness (QED) is 0.494. The second-order valence-corrected chi connectivity index (χ2v) is 2.82. The number of aromatic nitrogens is 2. The van der Waals surface area contributed by atoms with Crippen LogP contribution in [0.2, 0.25) is 0 Å². The highest BCUT2D eigenvalue weighted by Gasteiger charge is 2.20. The largest absolute Gasteiger partial charge is 0.505 e. The zero-order valence-corrected chi connectivity index (χ0v) is 7.41. The van der Waals surface area contributed by atoms with E-state index in [4.69, 9.17) is 10.2 Å². The Morgan fingerprint density at radius 3 is 2.29 bits per heavy atom. The lowest BCUT2D eigenvalue weighted by atomic mass is 10.1. The van der Waals surface area contributed by atoms with E-state index in [1.165, 1.54) is 0 Å². The summed E-state index contributed by atoms with van der Waals surface area (Å²) in [5, 5.41) is 36.1. The van der Waals surface area contributed by atoms with Gasteiger partial charge in [0.05, 0.1) is 18.5 Å². The summed E-state index contributed by atoms with van der Waals surface area (Å²) in [5.74, 6) is -0.0960. The first-order valence-electron chi connectivity index (χ1n) is 4.13. The maximum atomic E-state index is 9.44. The van der Waals surface area contributed by atoms with Gasteiger partial charge in [-0.3, -0.25) is 0 Å². The van der Waals surface area contributed by atoms with Gasteiger partial charge in [0.1, 0.15) is 6.10 Å². The minimum absolute atomic E-state index is 0.0174. The maximum Gasteiger partial charge on any atom is 0.159 e. The molecule has 6 heteroatoms. The van der Waals surface area contributed by atoms with E-state index in [1.54, 1.807) is 0 Å². The molecule has 6 nitrogen and oxygen atoms in total. The predicted molar refractivity (Wildman–Crippen MR) is 46.4 cm³/mol. The van der Waals surface area contributed by atoms with Gasteiger partial charge >= 0.3 is 0 Å². The summed E-state index contributed by atoms with van der Waals surface area (Å²) >= 11 is 0. The Kier molecular flexibility index (Phi) is 3.75. The molecule has 0 saturated carbocycles. The second kappa shape index (κ2) is 4.85. The SMILES string of the molecule is OCCC(O)C(O)c1ncc(O)cn1. The fraction of sp³-hybridized carbons (Fsp3) is 0.500. The molecule has 0 aromatic carbocycles. The van der Waals surface area contributed by atoms with Crippen LogP contribution in [0.25, 0.3) is 0 Å². The normalized spacial score (nSPS) is 15.1. The monoisotopic (exact) mass is 200 g/mol. The minimum Gasteiger partial charge on any atom is -0.505 e. The van der Waals surface area contributed by atoms with Crippen LogP contribution in [-0.2, 0) is 0 Å². The third-order valence-corrected chi connectivity index (χ3v) is 1.71. The molecule has 0 aliphatic rings. The molecule has 0 bridgehead atoms. The van der Waals surface area contributed by atoms with E-state index in [2.05, 4.69) is 9.97 Å². The highest BCUT2D eigenvalue weighted by molar-refractivity contribution is 5.10. The van der Waals surface area contributed by atoms with Crippen LogP contribution in [0.1, 0.15) is 18.3 Å². The molecule has 1 rings (SSSR count). The fourth-order valence-electron chi connectivity index (χ4n) is 0.946. The van der Waals surface area contributed by atoms with Gasteiger partial charge in [-0.2, -0.15) is 0 Å². The standard InChI is InChI=1S/C8H12N2O4/c11-2-1-6(13)7(14)8-9-3-5(12)4-10-8/h3-4,6-7,11-14H,1-2H2. The fourth-order valence-corrected chi connectivity index (χ4v) is 0.946. The van der Waals surface area contributed by atoms with Gasteiger partial charge in [0.15, 0.2) is 11.6 Å². The molecule has 0 aliphatic carbocycles. The van der Waals surface area contributed by atoms with Crippen molar-refractivity contribution in [2.75, 3.05) is 6.61 Å². The number of aromatic hydroxyl groups is 1. The molecule has 2 unspecified atom stereocenters. The van der Waals surface area contributed by atoms with Crippen LogP contribution < -0.4 is 0 Å². The molecular weight excluding hydrogens is 188 g/mol. The third-order valence-electron chi connectivity index (χ3n) is 1.71. The second-order valence-electron chi connectivity index (χ2n) is 2.82. The molecule has 0 spiro atoms. The van der Waals surface area contributed by atoms with Crippen LogP contribution >= 0.6 is 0 Å². The van der Waals surface area contributed by atoms with Crippen LogP contribution in [0.4, 0.5) is 0 Å². The van der Waals surface area contributed by atoms with Gasteiger partial charge in [0, 0.05) is 6.61 Å². The number of hydrogen-bond acceptors (Lipinski definition) is 6. The minimum atomic E-state index is -1.25. The summed E-state index contributed by atoms with van der Waals surface area (Å²) in [7, 11) is 0. The average Bonchev–Trinajstić information content (AvgIpc) is 2.18. The van der Waals surface area contributed by atoms with Crippen molar-refractivity contribution in [1.29, 1.82) is 0 Å². The summed E-state index contributed by atoms with van der Waals surface area (Å²) in [4.78, 5) is 7.26. The van der Waals surface area contributed by atoms with Gasteiger partial charge in [-0.15, -0.1) is 0 Å². The van der Waals surface area contributed by atoms with Crippen molar-refractivity contribution in [1.82, 2.24) is 9.97 Å². The Labute approximate surface area is 80.5 Å². The predicted octanol–water partition coefficient (Wildman–Crippen LogP) is -1.04. The van der Waals surface area contributed by atoms with Crippen LogP contribution in [-0.4, -0.2) is 43.1 Å². The number of rotatable bonds is 4. The topological polar surface area (TPSA) is 107 Å².